The number of anilines is 3. The molecule has 1 aliphatic rings. The number of sulfone groups is 1. The fourth-order valence-corrected chi connectivity index (χ4v) is 4.56. The van der Waals surface area contributed by atoms with Crippen molar-refractivity contribution in [3.63, 3.8) is 0 Å². The lowest BCUT2D eigenvalue weighted by molar-refractivity contribution is 0.589. The van der Waals surface area contributed by atoms with E-state index in [0.717, 1.165) is 53.9 Å². The molecular formula is C22H25N3O2S. The number of piperazine rings is 1. The van der Waals surface area contributed by atoms with Crippen molar-refractivity contribution < 1.29 is 8.42 Å². The molecule has 0 aromatic heterocycles. The molecule has 1 fully saturated rings. The van der Waals surface area contributed by atoms with Gasteiger partial charge < -0.3 is 15.5 Å². The van der Waals surface area contributed by atoms with Crippen LogP contribution in [-0.2, 0) is 9.84 Å². The first kappa shape index (κ1) is 18.8. The number of nitrogens with one attached hydrogen (secondary N) is 2. The van der Waals surface area contributed by atoms with Crippen molar-refractivity contribution >= 4 is 37.7 Å². The van der Waals surface area contributed by atoms with E-state index in [1.165, 1.54) is 6.26 Å². The van der Waals surface area contributed by atoms with Gasteiger partial charge in [-0.15, -0.1) is 0 Å². The third-order valence-electron chi connectivity index (χ3n) is 5.24. The molecule has 0 unspecified atom stereocenters. The maximum atomic E-state index is 12.4. The number of fused-ring (bicyclic) bond motifs is 1. The van der Waals surface area contributed by atoms with Gasteiger partial charge in [0.25, 0.3) is 0 Å². The first-order valence-corrected chi connectivity index (χ1v) is 11.4. The van der Waals surface area contributed by atoms with Crippen LogP contribution in [-0.4, -0.2) is 40.9 Å². The Hall–Kier alpha value is -2.57. The Morgan fingerprint density at radius 1 is 1.00 bits per heavy atom. The highest BCUT2D eigenvalue weighted by Crippen LogP contribution is 2.34. The molecule has 28 heavy (non-hydrogen) atoms. The average molecular weight is 396 g/mol. The highest BCUT2D eigenvalue weighted by atomic mass is 32.2. The largest absolute Gasteiger partial charge is 0.369 e. The van der Waals surface area contributed by atoms with Crippen molar-refractivity contribution in [1.29, 1.82) is 0 Å². The van der Waals surface area contributed by atoms with Gasteiger partial charge >= 0.3 is 0 Å². The Morgan fingerprint density at radius 2 is 1.75 bits per heavy atom. The van der Waals surface area contributed by atoms with Gasteiger partial charge in [-0.25, -0.2) is 8.42 Å². The molecule has 146 valence electrons. The monoisotopic (exact) mass is 395 g/mol. The maximum Gasteiger partial charge on any atom is 0.177 e. The smallest absolute Gasteiger partial charge is 0.177 e. The van der Waals surface area contributed by atoms with E-state index in [4.69, 9.17) is 0 Å². The molecule has 0 bridgehead atoms. The summed E-state index contributed by atoms with van der Waals surface area (Å²) in [5.74, 6) is 0. The number of aryl methyl sites for hydroxylation is 1. The maximum absolute atomic E-state index is 12.4. The van der Waals surface area contributed by atoms with E-state index in [9.17, 15) is 8.42 Å². The predicted molar refractivity (Wildman–Crippen MR) is 117 cm³/mol. The third-order valence-corrected chi connectivity index (χ3v) is 6.40. The van der Waals surface area contributed by atoms with Gasteiger partial charge in [0.2, 0.25) is 0 Å². The second-order valence-electron chi connectivity index (χ2n) is 7.29. The Labute approximate surface area is 166 Å². The molecule has 1 aliphatic heterocycles. The van der Waals surface area contributed by atoms with E-state index in [1.807, 2.05) is 31.2 Å². The van der Waals surface area contributed by atoms with Crippen molar-refractivity contribution in [2.75, 3.05) is 42.7 Å². The molecule has 2 N–H and O–H groups in total. The number of nitrogens with zero attached hydrogens (tertiary/aromatic N) is 1. The van der Waals surface area contributed by atoms with Crippen LogP contribution in [0.25, 0.3) is 10.8 Å². The van der Waals surface area contributed by atoms with E-state index in [2.05, 4.69) is 39.8 Å². The van der Waals surface area contributed by atoms with Crippen LogP contribution in [0.4, 0.5) is 17.1 Å². The van der Waals surface area contributed by atoms with Crippen molar-refractivity contribution in [1.82, 2.24) is 5.32 Å². The summed E-state index contributed by atoms with van der Waals surface area (Å²) in [6.45, 7) is 5.71. The summed E-state index contributed by atoms with van der Waals surface area (Å²) < 4.78 is 24.8. The molecule has 0 amide bonds. The second-order valence-corrected chi connectivity index (χ2v) is 9.28. The Bertz CT molecular complexity index is 1120. The van der Waals surface area contributed by atoms with Crippen LogP contribution in [0.15, 0.2) is 59.5 Å². The highest BCUT2D eigenvalue weighted by Gasteiger charge is 2.18. The molecule has 3 aromatic rings. The first-order valence-electron chi connectivity index (χ1n) is 9.48. The summed E-state index contributed by atoms with van der Waals surface area (Å²) in [6.07, 6.45) is 1.26. The van der Waals surface area contributed by atoms with Gasteiger partial charge in [0.1, 0.15) is 0 Å². The van der Waals surface area contributed by atoms with Gasteiger partial charge in [0.05, 0.1) is 10.6 Å². The fraction of sp³-hybridized carbons (Fsp3) is 0.273. The third kappa shape index (κ3) is 3.70. The summed E-state index contributed by atoms with van der Waals surface area (Å²) in [5.41, 5.74) is 3.68. The fourth-order valence-electron chi connectivity index (χ4n) is 3.74. The molecule has 0 atom stereocenters. The van der Waals surface area contributed by atoms with Crippen LogP contribution < -0.4 is 15.5 Å². The summed E-state index contributed by atoms with van der Waals surface area (Å²) in [4.78, 5) is 2.60. The molecule has 6 heteroatoms. The van der Waals surface area contributed by atoms with Crippen LogP contribution in [0.3, 0.4) is 0 Å². The summed E-state index contributed by atoms with van der Waals surface area (Å²) in [7, 11) is -3.36. The van der Waals surface area contributed by atoms with E-state index in [1.54, 1.807) is 6.07 Å². The molecular weight excluding hydrogens is 370 g/mol. The SMILES string of the molecule is Cc1ccc2ccccc2c1Nc1cc(N2CCNCC2)ccc1S(C)(=O)=O. The summed E-state index contributed by atoms with van der Waals surface area (Å²) in [6, 6.07) is 17.9. The Morgan fingerprint density at radius 3 is 2.50 bits per heavy atom. The van der Waals surface area contributed by atoms with E-state index < -0.39 is 9.84 Å². The van der Waals surface area contributed by atoms with Crippen molar-refractivity contribution in [3.05, 3.63) is 60.2 Å². The minimum atomic E-state index is -3.36. The lowest BCUT2D eigenvalue weighted by Gasteiger charge is -2.30. The molecule has 4 rings (SSSR count). The van der Waals surface area contributed by atoms with Gasteiger partial charge in [0, 0.05) is 49.2 Å². The topological polar surface area (TPSA) is 61.4 Å². The molecule has 0 saturated carbocycles. The van der Waals surface area contributed by atoms with Gasteiger partial charge in [0.15, 0.2) is 9.84 Å². The normalized spacial score (nSPS) is 15.0. The van der Waals surface area contributed by atoms with E-state index in [-0.39, 0.29) is 0 Å². The average Bonchev–Trinajstić information content (AvgIpc) is 2.70. The van der Waals surface area contributed by atoms with Crippen molar-refractivity contribution in [3.8, 4) is 0 Å². The van der Waals surface area contributed by atoms with Crippen LogP contribution in [0.1, 0.15) is 5.56 Å². The molecule has 0 aliphatic carbocycles. The Kier molecular flexibility index (Phi) is 5.00. The minimum absolute atomic E-state index is 0.318. The first-order chi connectivity index (χ1) is 13.4. The van der Waals surface area contributed by atoms with Gasteiger partial charge in [-0.05, 0) is 36.1 Å². The lowest BCUT2D eigenvalue weighted by atomic mass is 10.0. The number of rotatable bonds is 4. The van der Waals surface area contributed by atoms with Crippen molar-refractivity contribution in [2.24, 2.45) is 0 Å². The molecule has 0 spiro atoms. The quantitative estimate of drug-likeness (QED) is 0.705. The van der Waals surface area contributed by atoms with Gasteiger partial charge in [-0.2, -0.15) is 0 Å². The Balaban J connectivity index is 1.83. The summed E-state index contributed by atoms with van der Waals surface area (Å²) in [5, 5.41) is 9.00. The van der Waals surface area contributed by atoms with E-state index in [0.29, 0.717) is 10.6 Å². The minimum Gasteiger partial charge on any atom is -0.369 e. The van der Waals surface area contributed by atoms with E-state index >= 15 is 0 Å². The number of hydrogen-bond acceptors (Lipinski definition) is 5. The highest BCUT2D eigenvalue weighted by molar-refractivity contribution is 7.90. The molecule has 1 heterocycles. The van der Waals surface area contributed by atoms with Crippen LogP contribution in [0.5, 0.6) is 0 Å². The lowest BCUT2D eigenvalue weighted by Crippen LogP contribution is -2.43. The van der Waals surface area contributed by atoms with Crippen LogP contribution >= 0.6 is 0 Å². The van der Waals surface area contributed by atoms with Crippen LogP contribution in [0.2, 0.25) is 0 Å². The standard InChI is InChI=1S/C22H25N3O2S/c1-16-7-8-17-5-3-4-6-19(17)22(16)24-20-15-18(25-13-11-23-12-14-25)9-10-21(20)28(2,26)27/h3-10,15,23-24H,11-14H2,1-2H3. The zero-order valence-electron chi connectivity index (χ0n) is 16.2. The van der Waals surface area contributed by atoms with Gasteiger partial charge in [-0.3, -0.25) is 0 Å². The molecule has 1 saturated heterocycles. The predicted octanol–water partition coefficient (Wildman–Crippen LogP) is 3.70. The van der Waals surface area contributed by atoms with Crippen LogP contribution in [0, 0.1) is 6.92 Å². The zero-order chi connectivity index (χ0) is 19.7. The molecule has 0 radical (unpaired) electrons. The zero-order valence-corrected chi connectivity index (χ0v) is 17.0. The number of benzene rings is 3. The summed E-state index contributed by atoms with van der Waals surface area (Å²) >= 11 is 0. The van der Waals surface area contributed by atoms with Gasteiger partial charge in [-0.1, -0.05) is 36.4 Å². The van der Waals surface area contributed by atoms with Crippen molar-refractivity contribution in [2.45, 2.75) is 11.8 Å². The number of hydrogen-bond donors (Lipinski definition) is 2. The molecule has 3 aromatic carbocycles. The second kappa shape index (κ2) is 7.45. The molecule has 5 nitrogen and oxygen atoms in total.